The summed E-state index contributed by atoms with van der Waals surface area (Å²) in [6.45, 7) is 0. The maximum Gasteiger partial charge on any atom is 1.00 e. The Bertz CT molecular complexity index is 2890. The molecule has 28 heteroatoms. The van der Waals surface area contributed by atoms with Crippen molar-refractivity contribution in [2.75, 3.05) is 11.5 Å². The van der Waals surface area contributed by atoms with Gasteiger partial charge in [-0.25, -0.2) is 28.0 Å². The van der Waals surface area contributed by atoms with Gasteiger partial charge < -0.3 is 55.1 Å². The zero-order valence-electron chi connectivity index (χ0n) is 31.7. The molecular formula is C34H28N6Na2O16S4. The van der Waals surface area contributed by atoms with Gasteiger partial charge in [0.15, 0.2) is 0 Å². The Hall–Kier alpha value is -4.14. The molecule has 0 aliphatic heterocycles. The summed E-state index contributed by atoms with van der Waals surface area (Å²) < 4.78 is 101. The quantitative estimate of drug-likeness (QED) is 0.0190. The number of nitrogens with zero attached hydrogens (tertiary/aromatic N) is 2. The molecule has 22 nitrogen and oxygen atoms in total. The van der Waals surface area contributed by atoms with E-state index in [9.17, 15) is 54.4 Å². The van der Waals surface area contributed by atoms with Crippen molar-refractivity contribution >= 4 is 88.5 Å². The number of rotatable bonds is 10. The van der Waals surface area contributed by atoms with Crippen LogP contribution in [0.25, 0.3) is 44.8 Å². The standard InChI is InChI=1S/C20H16N4O12S4.C8H6O4.C6H8N2.2Na/c25-35-36-37-15-7-11(38(26,27)28)5-13-17(15)23-19(21-13)9-1-3-10(4-2-9)20-22-14-6-12(39(29,30)31)8-16(18(14)24-20)40(32,33)34;9-7(10)5-1-2-6(4-3-5)8(11)12;7-5-3-1-2-4-6(5)8;;/h1-8,25-28H,(H,21,23)(H,22,24)(H,29,30,31)(H,32,33,34);1-4H,(H,9,10)(H,11,12);1-4H,7-8H2;;/q;;;2*+1/p-2. The predicted octanol–water partition coefficient (Wildman–Crippen LogP) is -1.32. The number of nitrogens with one attached hydrogen (secondary N) is 2. The Morgan fingerprint density at radius 3 is 1.48 bits per heavy atom. The van der Waals surface area contributed by atoms with Crippen LogP contribution >= 0.6 is 22.9 Å². The molecule has 0 saturated carbocycles. The van der Waals surface area contributed by atoms with E-state index in [1.807, 2.05) is 12.1 Å². The van der Waals surface area contributed by atoms with E-state index in [0.29, 0.717) is 40.6 Å². The maximum absolute atomic E-state index is 11.7. The molecule has 0 amide bonds. The SMILES string of the molecule is Nc1ccccc1N.O=C(O)c1ccc(C(=O)O)cc1.O=S(=O)([O-])c1cc(S(=O)(=O)O)cc2[nH]c(-c3ccc(-c4nc5c(SOO[O-])cc(S(O)(O)O)cc5[nH]4)cc3)nc12.[Na+].[Na+]. The summed E-state index contributed by atoms with van der Waals surface area (Å²) in [5, 5.41) is 30.5. The minimum atomic E-state index is -5.16. The topological polar surface area (TPSA) is 398 Å². The number of carboxylic acid groups (broad SMARTS) is 2. The van der Waals surface area contributed by atoms with Crippen molar-refractivity contribution in [3.8, 4) is 22.8 Å². The van der Waals surface area contributed by atoms with Crippen molar-refractivity contribution in [3.05, 3.63) is 108 Å². The number of aromatic carboxylic acids is 2. The van der Waals surface area contributed by atoms with Crippen molar-refractivity contribution in [2.24, 2.45) is 0 Å². The van der Waals surface area contributed by atoms with Gasteiger partial charge in [0.25, 0.3) is 10.1 Å². The van der Waals surface area contributed by atoms with Gasteiger partial charge >= 0.3 is 71.1 Å². The number of H-pyrrole nitrogens is 2. The molecule has 0 radical (unpaired) electrons. The number of carbonyl (C=O) groups is 2. The molecule has 0 atom stereocenters. The van der Waals surface area contributed by atoms with Crippen molar-refractivity contribution < 1.29 is 133 Å². The minimum Gasteiger partial charge on any atom is -0.744 e. The summed E-state index contributed by atoms with van der Waals surface area (Å²) in [5.74, 6) is -1.77. The monoisotopic (exact) mass is 950 g/mol. The molecule has 2 aromatic heterocycles. The Labute approximate surface area is 400 Å². The van der Waals surface area contributed by atoms with Crippen LogP contribution in [-0.2, 0) is 29.6 Å². The fourth-order valence-electron chi connectivity index (χ4n) is 5.06. The summed E-state index contributed by atoms with van der Waals surface area (Å²) in [6.07, 6.45) is 0. The third-order valence-electron chi connectivity index (χ3n) is 7.89. The van der Waals surface area contributed by atoms with Crippen LogP contribution < -0.4 is 75.8 Å². The maximum atomic E-state index is 11.7. The summed E-state index contributed by atoms with van der Waals surface area (Å²) in [4.78, 5) is 33.0. The molecule has 5 aromatic carbocycles. The largest absolute Gasteiger partial charge is 1.00 e. The molecule has 2 heterocycles. The number of para-hydroxylation sites is 2. The fourth-order valence-corrected chi connectivity index (χ4v) is 7.47. The molecule has 0 fully saturated rings. The van der Waals surface area contributed by atoms with E-state index in [4.69, 9.17) is 21.7 Å². The van der Waals surface area contributed by atoms with Crippen molar-refractivity contribution in [3.63, 3.8) is 0 Å². The number of anilines is 2. The Morgan fingerprint density at radius 1 is 0.661 bits per heavy atom. The van der Waals surface area contributed by atoms with Gasteiger partial charge in [0.2, 0.25) is 0 Å². The van der Waals surface area contributed by atoms with E-state index in [2.05, 4.69) is 29.3 Å². The van der Waals surface area contributed by atoms with Gasteiger partial charge in [-0.15, -0.1) is 0 Å². The van der Waals surface area contributed by atoms with E-state index in [1.54, 1.807) is 36.4 Å². The molecule has 12 N–H and O–H groups in total. The first-order valence-corrected chi connectivity index (χ1v) is 21.1. The van der Waals surface area contributed by atoms with E-state index >= 15 is 0 Å². The Balaban J connectivity index is 0.000000382. The van der Waals surface area contributed by atoms with Gasteiger partial charge in [0, 0.05) is 11.1 Å². The van der Waals surface area contributed by atoms with Crippen LogP contribution in [0.5, 0.6) is 0 Å². The first-order chi connectivity index (χ1) is 28.1. The molecule has 0 aliphatic rings. The molecule has 7 aromatic rings. The second kappa shape index (κ2) is 21.5. The second-order valence-corrected chi connectivity index (χ2v) is 16.9. The van der Waals surface area contributed by atoms with E-state index in [0.717, 1.165) is 12.1 Å². The van der Waals surface area contributed by atoms with Crippen LogP contribution in [0.3, 0.4) is 0 Å². The Morgan fingerprint density at radius 2 is 1.10 bits per heavy atom. The van der Waals surface area contributed by atoms with E-state index in [1.165, 1.54) is 30.3 Å². The molecular weight excluding hydrogens is 923 g/mol. The molecule has 0 unspecified atom stereocenters. The van der Waals surface area contributed by atoms with Gasteiger partial charge in [-0.3, -0.25) is 9.59 Å². The van der Waals surface area contributed by atoms with Gasteiger partial charge in [-0.1, -0.05) is 36.4 Å². The van der Waals surface area contributed by atoms with Crippen LogP contribution in [-0.4, -0.2) is 81.7 Å². The first-order valence-electron chi connectivity index (χ1n) is 16.0. The van der Waals surface area contributed by atoms with Crippen molar-refractivity contribution in [1.82, 2.24) is 19.9 Å². The summed E-state index contributed by atoms with van der Waals surface area (Å²) in [5.41, 5.74) is 13.2. The van der Waals surface area contributed by atoms with Crippen LogP contribution in [0.4, 0.5) is 11.4 Å². The van der Waals surface area contributed by atoms with Gasteiger partial charge in [-0.05, 0) is 60.7 Å². The van der Waals surface area contributed by atoms with Gasteiger partial charge in [-0.2, -0.15) is 12.8 Å². The molecule has 0 spiro atoms. The van der Waals surface area contributed by atoms with E-state index < -0.39 is 52.8 Å². The number of aromatic amines is 2. The van der Waals surface area contributed by atoms with Gasteiger partial charge in [0.05, 0.1) is 65.2 Å². The third kappa shape index (κ3) is 13.2. The second-order valence-electron chi connectivity index (χ2n) is 11.9. The molecule has 0 saturated heterocycles. The Kier molecular flexibility index (Phi) is 18.1. The number of carboxylic acids is 2. The number of hydrogen-bond donors (Lipinski definition) is 10. The first kappa shape index (κ1) is 52.2. The number of aromatic nitrogens is 4. The van der Waals surface area contributed by atoms with Crippen LogP contribution in [0, 0.1) is 0 Å². The van der Waals surface area contributed by atoms with Crippen LogP contribution in [0.15, 0.2) is 117 Å². The third-order valence-corrected chi connectivity index (χ3v) is 11.1. The van der Waals surface area contributed by atoms with Crippen molar-refractivity contribution in [2.45, 2.75) is 19.6 Å². The number of imidazole rings is 2. The molecule has 0 aliphatic carbocycles. The number of benzene rings is 5. The zero-order valence-corrected chi connectivity index (χ0v) is 39.0. The molecule has 316 valence electrons. The number of nitrogens with two attached hydrogens (primary N) is 2. The summed E-state index contributed by atoms with van der Waals surface area (Å²) in [6, 6.07) is 22.4. The average Bonchev–Trinajstić information content (AvgIpc) is 3.82. The number of fused-ring (bicyclic) bond motifs is 2. The zero-order chi connectivity index (χ0) is 44.2. The number of hydrogen-bond acceptors (Lipinski definition) is 18. The fraction of sp³-hybridized carbons (Fsp3) is 0. The van der Waals surface area contributed by atoms with Crippen LogP contribution in [0.1, 0.15) is 20.7 Å². The molecule has 0 bridgehead atoms. The van der Waals surface area contributed by atoms with E-state index in [-0.39, 0.29) is 114 Å². The summed E-state index contributed by atoms with van der Waals surface area (Å²) in [7, 11) is -14.1. The predicted molar refractivity (Wildman–Crippen MR) is 212 cm³/mol. The smallest absolute Gasteiger partial charge is 0.744 e. The van der Waals surface area contributed by atoms with Gasteiger partial charge in [0.1, 0.15) is 43.7 Å². The minimum absolute atomic E-state index is 0. The van der Waals surface area contributed by atoms with Crippen LogP contribution in [0.2, 0.25) is 0 Å². The molecule has 62 heavy (non-hydrogen) atoms. The average molecular weight is 951 g/mol. The normalized spacial score (nSPS) is 11.6. The summed E-state index contributed by atoms with van der Waals surface area (Å²) >= 11 is 0.428. The van der Waals surface area contributed by atoms with Crippen molar-refractivity contribution in [1.29, 1.82) is 0 Å². The number of nitrogen functional groups attached to an aromatic ring is 2. The molecule has 7 rings (SSSR count).